The van der Waals surface area contributed by atoms with Gasteiger partial charge < -0.3 is 17.3 Å². The Hall–Kier alpha value is -0.812. The first-order chi connectivity index (χ1) is 18.2. The zero-order valence-electron chi connectivity index (χ0n) is 24.6. The Labute approximate surface area is 255 Å². The molecular weight excluding hydrogens is 636 g/mol. The van der Waals surface area contributed by atoms with E-state index in [-0.39, 0.29) is 35.3 Å². The second kappa shape index (κ2) is 15.1. The maximum absolute atomic E-state index is 9.75. The third-order valence-corrected chi connectivity index (χ3v) is 15.0. The molecule has 0 unspecified atom stereocenters. The molecule has 3 aliphatic rings. The fourth-order valence-electron chi connectivity index (χ4n) is 5.68. The fourth-order valence-corrected chi connectivity index (χ4v) is 13.1. The summed E-state index contributed by atoms with van der Waals surface area (Å²) in [6, 6.07) is 18.7. The van der Waals surface area contributed by atoms with Crippen molar-refractivity contribution < 1.29 is 36.7 Å². The van der Waals surface area contributed by atoms with Crippen molar-refractivity contribution in [2.24, 2.45) is 0 Å². The van der Waals surface area contributed by atoms with Crippen LogP contribution in [0, 0.1) is 0 Å². The summed E-state index contributed by atoms with van der Waals surface area (Å²) >= 11 is 0. The van der Waals surface area contributed by atoms with Crippen molar-refractivity contribution in [1.29, 1.82) is 0 Å². The van der Waals surface area contributed by atoms with E-state index in [1.165, 1.54) is 38.0 Å². The van der Waals surface area contributed by atoms with Crippen LogP contribution in [0.25, 0.3) is 0 Å². The van der Waals surface area contributed by atoms with Gasteiger partial charge in [-0.2, -0.15) is 0 Å². The monoisotopic (exact) mass is 680 g/mol. The first kappa shape index (κ1) is 35.4. The molecule has 0 N–H and O–H groups in total. The van der Waals surface area contributed by atoms with Crippen LogP contribution >= 0.6 is 15.8 Å². The molecule has 2 aromatic rings. The minimum absolute atomic E-state index is 0. The van der Waals surface area contributed by atoms with E-state index in [1.54, 1.807) is 22.3 Å². The summed E-state index contributed by atoms with van der Waals surface area (Å²) in [5.74, 6) is 0. The van der Waals surface area contributed by atoms with Gasteiger partial charge in [-0.25, -0.2) is 0 Å². The Morgan fingerprint density at radius 1 is 0.575 bits per heavy atom. The summed E-state index contributed by atoms with van der Waals surface area (Å²) in [5.41, 5.74) is 8.07. The average Bonchev–Trinajstić information content (AvgIpc) is 3.36. The van der Waals surface area contributed by atoms with E-state index in [2.05, 4.69) is 114 Å². The summed E-state index contributed by atoms with van der Waals surface area (Å²) in [5, 5.41) is 0.797. The Balaban J connectivity index is 0.000000333. The molecule has 0 saturated carbocycles. The summed E-state index contributed by atoms with van der Waals surface area (Å²) in [4.78, 5) is 0. The third kappa shape index (κ3) is 10.2. The fraction of sp³-hybridized carbons (Fsp3) is 0.500. The van der Waals surface area contributed by atoms with E-state index >= 15 is 0 Å². The van der Waals surface area contributed by atoms with E-state index < -0.39 is 7.25 Å². The van der Waals surface area contributed by atoms with Crippen LogP contribution in [0.2, 0.25) is 0 Å². The predicted molar refractivity (Wildman–Crippen MR) is 166 cm³/mol. The van der Waals surface area contributed by atoms with Gasteiger partial charge in [0.05, 0.1) is 0 Å². The van der Waals surface area contributed by atoms with E-state index in [1.807, 2.05) is 0 Å². The van der Waals surface area contributed by atoms with Gasteiger partial charge in [-0.05, 0) is 70.6 Å². The zero-order chi connectivity index (χ0) is 28.8. The average molecular weight is 680 g/mol. The maximum Gasteiger partial charge on any atom is 0.673 e. The van der Waals surface area contributed by atoms with Crippen LogP contribution < -0.4 is 0 Å². The number of allylic oxidation sites excluding steroid dienone is 4. The molecule has 2 heterocycles. The maximum atomic E-state index is 9.75. The van der Waals surface area contributed by atoms with E-state index in [0.717, 1.165) is 11.3 Å². The van der Waals surface area contributed by atoms with Gasteiger partial charge in [0.25, 0.3) is 0 Å². The standard InChI is InChI=1S/C24H32P2.C8H12.BF4.Rh/c1-23(2,3)25-15-17-11-7-9-13-19(17)21(25)22-20-14-10-8-12-18(20)16-26(22)24(4,5)6;1-2-4-6-8-7-5-3-1;2-1(3,4)5;/h7-14,21-22H,15-16H2,1-6H3;1-2,7-8H,3-6H2;;/q;;-1;/b;2-1-,8-7?;;/t21-,22-,25+,26+;;;/m1.../s1. The summed E-state index contributed by atoms with van der Waals surface area (Å²) < 4.78 is 39.0. The van der Waals surface area contributed by atoms with Crippen molar-refractivity contribution >= 4 is 23.1 Å². The first-order valence-electron chi connectivity index (χ1n) is 14.0. The second-order valence-electron chi connectivity index (χ2n) is 12.5. The molecule has 0 fully saturated rings. The molecule has 0 bridgehead atoms. The molecule has 8 heteroatoms. The number of rotatable bonds is 1. The Morgan fingerprint density at radius 2 is 0.850 bits per heavy atom. The van der Waals surface area contributed by atoms with Gasteiger partial charge in [-0.15, -0.1) is 0 Å². The third-order valence-electron chi connectivity index (χ3n) is 7.46. The SMILES string of the molecule is C1=CCC/C=C\CC1.CC(C)(C)[P@@]1Cc2ccccc2[C@@H]1[C@H]1c2ccccc2C[P@]1C(C)(C)C.F[B-](F)(F)F.[Rh]. The molecule has 1 radical (unpaired) electrons. The molecule has 0 spiro atoms. The van der Waals surface area contributed by atoms with E-state index in [9.17, 15) is 17.3 Å². The van der Waals surface area contributed by atoms with Crippen LogP contribution in [0.15, 0.2) is 72.8 Å². The van der Waals surface area contributed by atoms with Gasteiger partial charge in [0, 0.05) is 30.8 Å². The van der Waals surface area contributed by atoms with Gasteiger partial charge in [0.2, 0.25) is 0 Å². The van der Waals surface area contributed by atoms with E-state index in [4.69, 9.17) is 0 Å². The number of fused-ring (bicyclic) bond motifs is 2. The molecular formula is C32H44BF4P2Rh-. The van der Waals surface area contributed by atoms with Crippen molar-refractivity contribution in [2.45, 2.75) is 101 Å². The van der Waals surface area contributed by atoms with Crippen LogP contribution in [0.5, 0.6) is 0 Å². The predicted octanol–water partition coefficient (Wildman–Crippen LogP) is 12.0. The van der Waals surface area contributed by atoms with Crippen molar-refractivity contribution in [3.63, 3.8) is 0 Å². The minimum atomic E-state index is -6.00. The van der Waals surface area contributed by atoms with Gasteiger partial charge in [0.15, 0.2) is 0 Å². The number of benzene rings is 2. The molecule has 2 aromatic carbocycles. The summed E-state index contributed by atoms with van der Waals surface area (Å²) in [6.45, 7) is 14.9. The normalized spacial score (nSPS) is 24.6. The minimum Gasteiger partial charge on any atom is -0.418 e. The van der Waals surface area contributed by atoms with Crippen LogP contribution in [0.4, 0.5) is 17.3 Å². The molecule has 40 heavy (non-hydrogen) atoms. The zero-order valence-corrected chi connectivity index (χ0v) is 28.1. The summed E-state index contributed by atoms with van der Waals surface area (Å²) in [7, 11) is -6.14. The topological polar surface area (TPSA) is 0 Å². The first-order valence-corrected chi connectivity index (χ1v) is 17.2. The smallest absolute Gasteiger partial charge is 0.418 e. The molecule has 1 aliphatic carbocycles. The van der Waals surface area contributed by atoms with Crippen LogP contribution in [-0.4, -0.2) is 17.6 Å². The molecule has 223 valence electrons. The Kier molecular flexibility index (Phi) is 13.3. The van der Waals surface area contributed by atoms with Crippen LogP contribution in [-0.2, 0) is 31.8 Å². The number of halogens is 4. The molecule has 4 atom stereocenters. The molecule has 2 aliphatic heterocycles. The van der Waals surface area contributed by atoms with E-state index in [0.29, 0.717) is 10.3 Å². The Bertz CT molecular complexity index is 1030. The van der Waals surface area contributed by atoms with Gasteiger partial charge in [-0.1, -0.05) is 130 Å². The van der Waals surface area contributed by atoms with Crippen molar-refractivity contribution in [3.05, 3.63) is 95.1 Å². The second-order valence-corrected chi connectivity index (χ2v) is 18.8. The molecule has 0 amide bonds. The molecule has 0 nitrogen and oxygen atoms in total. The van der Waals surface area contributed by atoms with Gasteiger partial charge >= 0.3 is 7.25 Å². The quantitative estimate of drug-likeness (QED) is 0.122. The summed E-state index contributed by atoms with van der Waals surface area (Å²) in [6.07, 6.45) is 16.6. The molecule has 5 rings (SSSR count). The van der Waals surface area contributed by atoms with Gasteiger partial charge in [0.1, 0.15) is 0 Å². The Morgan fingerprint density at radius 3 is 1.12 bits per heavy atom. The van der Waals surface area contributed by atoms with Gasteiger partial charge in [-0.3, -0.25) is 0 Å². The van der Waals surface area contributed by atoms with Crippen LogP contribution in [0.1, 0.15) is 101 Å². The van der Waals surface area contributed by atoms with Crippen LogP contribution in [0.3, 0.4) is 0 Å². The number of hydrogen-bond acceptors (Lipinski definition) is 0. The molecule has 0 aromatic heterocycles. The van der Waals surface area contributed by atoms with Crippen molar-refractivity contribution in [2.75, 3.05) is 0 Å². The number of hydrogen-bond donors (Lipinski definition) is 0. The molecule has 0 saturated heterocycles. The van der Waals surface area contributed by atoms with Crippen molar-refractivity contribution in [1.82, 2.24) is 0 Å². The largest absolute Gasteiger partial charge is 0.673 e. The van der Waals surface area contributed by atoms with Crippen molar-refractivity contribution in [3.8, 4) is 0 Å².